The summed E-state index contributed by atoms with van der Waals surface area (Å²) >= 11 is 4.54. The number of aromatic amines is 1. The number of Topliss-reactive ketones (excluding diaryl/α,β-unsaturated/α-hetero) is 1. The highest BCUT2D eigenvalue weighted by atomic mass is 79.9. The van der Waals surface area contributed by atoms with Gasteiger partial charge < -0.3 is 14.5 Å². The Balaban J connectivity index is 2.09. The predicted octanol–water partition coefficient (Wildman–Crippen LogP) is 3.67. The van der Waals surface area contributed by atoms with Crippen LogP contribution in [0, 0.1) is 13.8 Å². The number of rotatable bonds is 6. The average molecular weight is 414 g/mol. The van der Waals surface area contributed by atoms with Crippen LogP contribution in [0.25, 0.3) is 0 Å². The predicted molar refractivity (Wildman–Crippen MR) is 92.9 cm³/mol. The Bertz CT molecular complexity index is 792. The lowest BCUT2D eigenvalue weighted by molar-refractivity contribution is 0.0469. The van der Waals surface area contributed by atoms with Crippen molar-refractivity contribution in [3.05, 3.63) is 43.3 Å². The minimum absolute atomic E-state index is 0.149. The number of hydrogen-bond donors (Lipinski definition) is 1. The van der Waals surface area contributed by atoms with Gasteiger partial charge in [0, 0.05) is 5.69 Å². The van der Waals surface area contributed by atoms with E-state index in [-0.39, 0.29) is 24.7 Å². The van der Waals surface area contributed by atoms with Gasteiger partial charge in [-0.15, -0.1) is 11.3 Å². The highest BCUT2D eigenvalue weighted by Gasteiger charge is 2.24. The highest BCUT2D eigenvalue weighted by Crippen LogP contribution is 2.23. The Hall–Kier alpha value is -1.93. The molecule has 2 aromatic rings. The second-order valence-corrected chi connectivity index (χ2v) is 7.41. The fourth-order valence-electron chi connectivity index (χ4n) is 2.20. The molecule has 6 nitrogen and oxygen atoms in total. The van der Waals surface area contributed by atoms with Crippen LogP contribution in [0.5, 0.6) is 0 Å². The van der Waals surface area contributed by atoms with Gasteiger partial charge in [-0.05, 0) is 54.4 Å². The molecule has 0 saturated heterocycles. The second-order valence-electron chi connectivity index (χ2n) is 4.95. The van der Waals surface area contributed by atoms with Gasteiger partial charge >= 0.3 is 11.9 Å². The summed E-state index contributed by atoms with van der Waals surface area (Å²) in [7, 11) is 0. The molecule has 8 heteroatoms. The van der Waals surface area contributed by atoms with Crippen molar-refractivity contribution in [2.45, 2.75) is 20.8 Å². The summed E-state index contributed by atoms with van der Waals surface area (Å²) in [4.78, 5) is 39.4. The Morgan fingerprint density at radius 3 is 2.46 bits per heavy atom. The van der Waals surface area contributed by atoms with Crippen LogP contribution < -0.4 is 0 Å². The van der Waals surface area contributed by atoms with Crippen molar-refractivity contribution in [3.8, 4) is 0 Å². The number of carbonyl (C=O) groups excluding carboxylic acids is 3. The minimum Gasteiger partial charge on any atom is -0.462 e. The van der Waals surface area contributed by atoms with Crippen molar-refractivity contribution in [2.75, 3.05) is 13.2 Å². The first-order valence-electron chi connectivity index (χ1n) is 7.17. The van der Waals surface area contributed by atoms with Crippen molar-refractivity contribution in [1.82, 2.24) is 4.98 Å². The quantitative estimate of drug-likeness (QED) is 0.576. The average Bonchev–Trinajstić information content (AvgIpc) is 3.08. The summed E-state index contributed by atoms with van der Waals surface area (Å²) in [6.07, 6.45) is 0. The number of nitrogens with one attached hydrogen (secondary N) is 1. The third-order valence-corrected chi connectivity index (χ3v) is 4.97. The number of aryl methyl sites for hydroxylation is 1. The monoisotopic (exact) mass is 413 g/mol. The lowest BCUT2D eigenvalue weighted by atomic mass is 10.1. The van der Waals surface area contributed by atoms with E-state index in [2.05, 4.69) is 20.9 Å². The number of esters is 2. The standard InChI is InChI=1S/C16H16BrNO5S/c1-4-22-15(20)13-8(2)14(18-9(13)3)16(21)23-7-10(19)11-5-6-12(17)24-11/h5-6,18H,4,7H2,1-3H3. The number of hydrogen-bond acceptors (Lipinski definition) is 6. The molecule has 0 aliphatic rings. The molecular weight excluding hydrogens is 398 g/mol. The van der Waals surface area contributed by atoms with E-state index in [4.69, 9.17) is 9.47 Å². The number of ether oxygens (including phenoxy) is 2. The Morgan fingerprint density at radius 1 is 1.17 bits per heavy atom. The van der Waals surface area contributed by atoms with Gasteiger partial charge in [-0.3, -0.25) is 4.79 Å². The number of carbonyl (C=O) groups is 3. The van der Waals surface area contributed by atoms with Crippen LogP contribution >= 0.6 is 27.3 Å². The Labute approximate surface area is 151 Å². The van der Waals surface area contributed by atoms with Crippen LogP contribution in [0.15, 0.2) is 15.9 Å². The van der Waals surface area contributed by atoms with Gasteiger partial charge in [-0.1, -0.05) is 0 Å². The number of thiophene rings is 1. The summed E-state index contributed by atoms with van der Waals surface area (Å²) in [5.74, 6) is -1.47. The lowest BCUT2D eigenvalue weighted by Crippen LogP contribution is -2.14. The molecule has 2 heterocycles. The third-order valence-electron chi connectivity index (χ3n) is 3.30. The van der Waals surface area contributed by atoms with E-state index >= 15 is 0 Å². The first kappa shape index (κ1) is 18.4. The number of H-pyrrole nitrogens is 1. The minimum atomic E-state index is -0.685. The van der Waals surface area contributed by atoms with Gasteiger partial charge in [0.2, 0.25) is 5.78 Å². The SMILES string of the molecule is CCOC(=O)c1c(C)[nH]c(C(=O)OCC(=O)c2ccc(Br)s2)c1C. The summed E-state index contributed by atoms with van der Waals surface area (Å²) in [5.41, 5.74) is 1.43. The molecule has 2 rings (SSSR count). The van der Waals surface area contributed by atoms with Crippen molar-refractivity contribution in [1.29, 1.82) is 0 Å². The van der Waals surface area contributed by atoms with Gasteiger partial charge in [0.15, 0.2) is 6.61 Å². The van der Waals surface area contributed by atoms with Gasteiger partial charge in [-0.2, -0.15) is 0 Å². The fourth-order valence-corrected chi connectivity index (χ4v) is 3.51. The normalized spacial score (nSPS) is 10.5. The zero-order valence-electron chi connectivity index (χ0n) is 13.4. The summed E-state index contributed by atoms with van der Waals surface area (Å²) in [6, 6.07) is 3.41. The summed E-state index contributed by atoms with van der Waals surface area (Å²) in [5, 5.41) is 0. The Morgan fingerprint density at radius 2 is 1.88 bits per heavy atom. The Kier molecular flexibility index (Phi) is 5.95. The lowest BCUT2D eigenvalue weighted by Gasteiger charge is -2.04. The van der Waals surface area contributed by atoms with Gasteiger partial charge in [-0.25, -0.2) is 9.59 Å². The maximum Gasteiger partial charge on any atom is 0.355 e. The third kappa shape index (κ3) is 3.93. The van der Waals surface area contributed by atoms with Crippen molar-refractivity contribution in [2.24, 2.45) is 0 Å². The molecule has 0 spiro atoms. The van der Waals surface area contributed by atoms with Gasteiger partial charge in [0.1, 0.15) is 5.69 Å². The molecule has 128 valence electrons. The topological polar surface area (TPSA) is 85.5 Å². The molecule has 0 bridgehead atoms. The smallest absolute Gasteiger partial charge is 0.355 e. The molecule has 2 aromatic heterocycles. The van der Waals surface area contributed by atoms with Crippen LogP contribution in [0.3, 0.4) is 0 Å². The van der Waals surface area contributed by atoms with Gasteiger partial charge in [0.05, 0.1) is 20.8 Å². The molecule has 0 radical (unpaired) electrons. The number of aromatic nitrogens is 1. The number of ketones is 1. The van der Waals surface area contributed by atoms with E-state index in [1.807, 2.05) is 0 Å². The van der Waals surface area contributed by atoms with E-state index in [1.165, 1.54) is 11.3 Å². The van der Waals surface area contributed by atoms with Crippen LogP contribution in [-0.2, 0) is 9.47 Å². The molecular formula is C16H16BrNO5S. The fraction of sp³-hybridized carbons (Fsp3) is 0.312. The van der Waals surface area contributed by atoms with Crippen molar-refractivity contribution < 1.29 is 23.9 Å². The molecule has 0 saturated carbocycles. The molecule has 0 fully saturated rings. The van der Waals surface area contributed by atoms with Crippen LogP contribution in [0.4, 0.5) is 0 Å². The van der Waals surface area contributed by atoms with E-state index in [0.717, 1.165) is 3.79 Å². The van der Waals surface area contributed by atoms with E-state index in [0.29, 0.717) is 21.7 Å². The first-order valence-corrected chi connectivity index (χ1v) is 8.78. The molecule has 0 amide bonds. The van der Waals surface area contributed by atoms with Crippen molar-refractivity contribution in [3.63, 3.8) is 0 Å². The molecule has 0 aliphatic heterocycles. The van der Waals surface area contributed by atoms with E-state index in [9.17, 15) is 14.4 Å². The first-order chi connectivity index (χ1) is 11.3. The largest absolute Gasteiger partial charge is 0.462 e. The highest BCUT2D eigenvalue weighted by molar-refractivity contribution is 9.11. The zero-order chi connectivity index (χ0) is 17.9. The van der Waals surface area contributed by atoms with Gasteiger partial charge in [0.25, 0.3) is 0 Å². The molecule has 1 N–H and O–H groups in total. The molecule has 0 atom stereocenters. The van der Waals surface area contributed by atoms with Crippen LogP contribution in [0.1, 0.15) is 48.7 Å². The maximum absolute atomic E-state index is 12.2. The zero-order valence-corrected chi connectivity index (χ0v) is 15.8. The number of halogens is 1. The second kappa shape index (κ2) is 7.76. The molecule has 24 heavy (non-hydrogen) atoms. The maximum atomic E-state index is 12.2. The van der Waals surface area contributed by atoms with Crippen molar-refractivity contribution >= 4 is 45.0 Å². The van der Waals surface area contributed by atoms with E-state index in [1.54, 1.807) is 32.9 Å². The van der Waals surface area contributed by atoms with Crippen LogP contribution in [0.2, 0.25) is 0 Å². The molecule has 0 unspecified atom stereocenters. The molecule has 0 aliphatic carbocycles. The summed E-state index contributed by atoms with van der Waals surface area (Å²) in [6.45, 7) is 4.89. The molecule has 0 aromatic carbocycles. The van der Waals surface area contributed by atoms with Crippen LogP contribution in [-0.4, -0.2) is 35.9 Å². The summed E-state index contributed by atoms with van der Waals surface area (Å²) < 4.78 is 10.9. The van der Waals surface area contributed by atoms with E-state index < -0.39 is 11.9 Å².